The number of hydrogen-bond acceptors (Lipinski definition) is 4. The summed E-state index contributed by atoms with van der Waals surface area (Å²) in [6.07, 6.45) is 0. The largest absolute Gasteiger partial charge is 0.399 e. The number of rotatable bonds is 2. The summed E-state index contributed by atoms with van der Waals surface area (Å²) < 4.78 is 0. The Morgan fingerprint density at radius 1 is 1.20 bits per heavy atom. The number of H-pyrrole nitrogens is 1. The molecule has 5 heteroatoms. The van der Waals surface area contributed by atoms with Crippen LogP contribution in [0.25, 0.3) is 10.9 Å². The molecule has 1 heterocycles. The number of aromatic nitrogens is 2. The van der Waals surface area contributed by atoms with Gasteiger partial charge in [0.1, 0.15) is 0 Å². The normalized spacial score (nSPS) is 10.7. The second kappa shape index (κ2) is 4.70. The minimum Gasteiger partial charge on any atom is -0.399 e. The lowest BCUT2D eigenvalue weighted by Gasteiger charge is -2.07. The van der Waals surface area contributed by atoms with E-state index in [-0.39, 0.29) is 5.56 Å². The lowest BCUT2D eigenvalue weighted by atomic mass is 10.2. The number of hydrogen-bond donors (Lipinski definition) is 3. The van der Waals surface area contributed by atoms with E-state index in [0.29, 0.717) is 22.5 Å². The van der Waals surface area contributed by atoms with Gasteiger partial charge in [0.05, 0.1) is 10.9 Å². The van der Waals surface area contributed by atoms with Crippen molar-refractivity contribution in [3.63, 3.8) is 0 Å². The van der Waals surface area contributed by atoms with Gasteiger partial charge in [0.25, 0.3) is 5.56 Å². The highest BCUT2D eigenvalue weighted by Crippen LogP contribution is 2.16. The van der Waals surface area contributed by atoms with E-state index in [9.17, 15) is 4.79 Å². The van der Waals surface area contributed by atoms with Crippen molar-refractivity contribution in [2.75, 3.05) is 11.1 Å². The Morgan fingerprint density at radius 3 is 2.85 bits per heavy atom. The van der Waals surface area contributed by atoms with Gasteiger partial charge in [-0.15, -0.1) is 0 Å². The maximum absolute atomic E-state index is 12.0. The molecule has 0 spiro atoms. The Hall–Kier alpha value is -2.82. The third-order valence-corrected chi connectivity index (χ3v) is 3.01. The van der Waals surface area contributed by atoms with Gasteiger partial charge in [-0.2, -0.15) is 0 Å². The van der Waals surface area contributed by atoms with Crippen molar-refractivity contribution >= 4 is 28.2 Å². The summed E-state index contributed by atoms with van der Waals surface area (Å²) in [4.78, 5) is 19.1. The first-order chi connectivity index (χ1) is 9.61. The second-order valence-electron chi connectivity index (χ2n) is 4.69. The summed E-state index contributed by atoms with van der Waals surface area (Å²) in [5.74, 6) is 0.415. The van der Waals surface area contributed by atoms with Crippen LogP contribution >= 0.6 is 0 Å². The Morgan fingerprint density at radius 2 is 2.05 bits per heavy atom. The van der Waals surface area contributed by atoms with Gasteiger partial charge in [0.15, 0.2) is 0 Å². The molecule has 0 saturated heterocycles. The molecular weight excluding hydrogens is 252 g/mol. The number of aryl methyl sites for hydroxylation is 1. The summed E-state index contributed by atoms with van der Waals surface area (Å²) in [7, 11) is 0. The number of nitrogen functional groups attached to an aromatic ring is 1. The van der Waals surface area contributed by atoms with E-state index in [2.05, 4.69) is 15.3 Å². The van der Waals surface area contributed by atoms with Crippen LogP contribution in [0.4, 0.5) is 17.3 Å². The molecule has 100 valence electrons. The first-order valence-electron chi connectivity index (χ1n) is 6.25. The average Bonchev–Trinajstić information content (AvgIpc) is 2.40. The molecule has 1 aromatic heterocycles. The first kappa shape index (κ1) is 12.2. The number of nitrogens with two attached hydrogens (primary N) is 1. The average molecular weight is 266 g/mol. The molecule has 0 aliphatic heterocycles. The summed E-state index contributed by atoms with van der Waals surface area (Å²) in [5.41, 5.74) is 8.63. The molecule has 0 amide bonds. The molecule has 0 fully saturated rings. The molecule has 3 aromatic rings. The molecular formula is C15H14N4O. The number of nitrogens with one attached hydrogen (secondary N) is 2. The van der Waals surface area contributed by atoms with Crippen molar-refractivity contribution in [1.82, 2.24) is 9.97 Å². The van der Waals surface area contributed by atoms with Crippen LogP contribution in [0.2, 0.25) is 0 Å². The number of fused-ring (bicyclic) bond motifs is 1. The van der Waals surface area contributed by atoms with Crippen LogP contribution in [-0.2, 0) is 0 Å². The van der Waals surface area contributed by atoms with Crippen LogP contribution in [0.5, 0.6) is 0 Å². The van der Waals surface area contributed by atoms with Crippen molar-refractivity contribution < 1.29 is 0 Å². The van der Waals surface area contributed by atoms with Gasteiger partial charge in [-0.05, 0) is 42.8 Å². The van der Waals surface area contributed by atoms with Crippen LogP contribution in [0, 0.1) is 6.92 Å². The number of benzene rings is 2. The van der Waals surface area contributed by atoms with Crippen molar-refractivity contribution in [3.8, 4) is 0 Å². The summed E-state index contributed by atoms with van der Waals surface area (Å²) in [6, 6.07) is 12.9. The number of anilines is 3. The van der Waals surface area contributed by atoms with Gasteiger partial charge in [-0.25, -0.2) is 4.98 Å². The lowest BCUT2D eigenvalue weighted by molar-refractivity contribution is 1.17. The van der Waals surface area contributed by atoms with Crippen molar-refractivity contribution in [1.29, 1.82) is 0 Å². The van der Waals surface area contributed by atoms with E-state index < -0.39 is 0 Å². The third-order valence-electron chi connectivity index (χ3n) is 3.01. The van der Waals surface area contributed by atoms with Crippen LogP contribution in [0.15, 0.2) is 47.3 Å². The minimum atomic E-state index is -0.211. The molecule has 4 N–H and O–H groups in total. The quantitative estimate of drug-likeness (QED) is 0.622. The summed E-state index contributed by atoms with van der Waals surface area (Å²) >= 11 is 0. The zero-order valence-corrected chi connectivity index (χ0v) is 11.0. The molecule has 0 saturated carbocycles. The lowest BCUT2D eigenvalue weighted by Crippen LogP contribution is -2.11. The van der Waals surface area contributed by atoms with Crippen LogP contribution in [0.3, 0.4) is 0 Å². The van der Waals surface area contributed by atoms with E-state index in [4.69, 9.17) is 5.73 Å². The van der Waals surface area contributed by atoms with Crippen LogP contribution in [0.1, 0.15) is 5.56 Å². The summed E-state index contributed by atoms with van der Waals surface area (Å²) in [6.45, 7) is 2.00. The zero-order valence-electron chi connectivity index (χ0n) is 11.0. The molecule has 0 radical (unpaired) electrons. The van der Waals surface area contributed by atoms with Gasteiger partial charge in [0, 0.05) is 11.4 Å². The van der Waals surface area contributed by atoms with Gasteiger partial charge in [-0.1, -0.05) is 12.1 Å². The van der Waals surface area contributed by atoms with E-state index >= 15 is 0 Å². The highest BCUT2D eigenvalue weighted by Gasteiger charge is 2.04. The Labute approximate surface area is 115 Å². The molecule has 2 aromatic carbocycles. The predicted molar refractivity (Wildman–Crippen MR) is 81.2 cm³/mol. The Kier molecular flexibility index (Phi) is 2.87. The van der Waals surface area contributed by atoms with Gasteiger partial charge in [0.2, 0.25) is 5.95 Å². The van der Waals surface area contributed by atoms with Crippen molar-refractivity contribution in [3.05, 3.63) is 58.4 Å². The molecule has 3 rings (SSSR count). The third kappa shape index (κ3) is 2.33. The maximum atomic E-state index is 12.0. The van der Waals surface area contributed by atoms with E-state index in [1.54, 1.807) is 18.2 Å². The SMILES string of the molecule is Cc1cccc(Nc2nc3ccc(N)cc3c(=O)[nH]2)c1. The molecule has 20 heavy (non-hydrogen) atoms. The standard InChI is InChI=1S/C15H14N4O/c1-9-3-2-4-11(7-9)17-15-18-13-6-5-10(16)8-12(13)14(20)19-15/h2-8H,16H2,1H3,(H2,17,18,19,20). The van der Waals surface area contributed by atoms with Gasteiger partial charge >= 0.3 is 0 Å². The number of nitrogens with zero attached hydrogens (tertiary/aromatic N) is 1. The number of aromatic amines is 1. The summed E-state index contributed by atoms with van der Waals surface area (Å²) in [5, 5.41) is 3.58. The fourth-order valence-electron chi connectivity index (χ4n) is 2.08. The fraction of sp³-hybridized carbons (Fsp3) is 0.0667. The monoisotopic (exact) mass is 266 g/mol. The second-order valence-corrected chi connectivity index (χ2v) is 4.69. The maximum Gasteiger partial charge on any atom is 0.260 e. The molecule has 5 nitrogen and oxygen atoms in total. The smallest absolute Gasteiger partial charge is 0.260 e. The molecule has 0 aliphatic rings. The van der Waals surface area contributed by atoms with E-state index in [1.165, 1.54) is 0 Å². The van der Waals surface area contributed by atoms with E-state index in [0.717, 1.165) is 11.3 Å². The van der Waals surface area contributed by atoms with Crippen LogP contribution < -0.4 is 16.6 Å². The first-order valence-corrected chi connectivity index (χ1v) is 6.25. The minimum absolute atomic E-state index is 0.211. The predicted octanol–water partition coefficient (Wildman–Crippen LogP) is 2.56. The van der Waals surface area contributed by atoms with E-state index in [1.807, 2.05) is 31.2 Å². The zero-order chi connectivity index (χ0) is 14.1. The van der Waals surface area contributed by atoms with Gasteiger partial charge in [-0.3, -0.25) is 9.78 Å². The highest BCUT2D eigenvalue weighted by molar-refractivity contribution is 5.82. The van der Waals surface area contributed by atoms with Crippen molar-refractivity contribution in [2.24, 2.45) is 0 Å². The Balaban J connectivity index is 2.05. The van der Waals surface area contributed by atoms with Crippen molar-refractivity contribution in [2.45, 2.75) is 6.92 Å². The topological polar surface area (TPSA) is 83.8 Å². The van der Waals surface area contributed by atoms with Gasteiger partial charge < -0.3 is 11.1 Å². The Bertz CT molecular complexity index is 839. The molecule has 0 atom stereocenters. The molecule has 0 unspecified atom stereocenters. The molecule has 0 bridgehead atoms. The fourth-order valence-corrected chi connectivity index (χ4v) is 2.08. The molecule has 0 aliphatic carbocycles. The highest BCUT2D eigenvalue weighted by atomic mass is 16.1. The van der Waals surface area contributed by atoms with Crippen LogP contribution in [-0.4, -0.2) is 9.97 Å².